The molecule has 2 N–H and O–H groups in total. The lowest BCUT2D eigenvalue weighted by atomic mass is 9.89. The molecule has 1 heterocycles. The van der Waals surface area contributed by atoms with Crippen LogP contribution in [0.3, 0.4) is 0 Å². The van der Waals surface area contributed by atoms with Crippen LogP contribution in [0.4, 0.5) is 0 Å². The fourth-order valence-electron chi connectivity index (χ4n) is 3.75. The van der Waals surface area contributed by atoms with E-state index >= 15 is 0 Å². The van der Waals surface area contributed by atoms with Crippen LogP contribution in [-0.2, 0) is 9.53 Å². The van der Waals surface area contributed by atoms with Gasteiger partial charge >= 0.3 is 5.97 Å². The lowest BCUT2D eigenvalue weighted by Crippen LogP contribution is -2.19. The highest BCUT2D eigenvalue weighted by molar-refractivity contribution is 5.72. The Kier molecular flexibility index (Phi) is 4.55. The quantitative estimate of drug-likeness (QED) is 0.661. The summed E-state index contributed by atoms with van der Waals surface area (Å²) in [5.41, 5.74) is 2.26. The molecule has 1 saturated heterocycles. The van der Waals surface area contributed by atoms with Gasteiger partial charge in [-0.05, 0) is 12.5 Å². The van der Waals surface area contributed by atoms with E-state index < -0.39 is 12.2 Å². The van der Waals surface area contributed by atoms with Crippen LogP contribution in [0.2, 0.25) is 0 Å². The third kappa shape index (κ3) is 3.33. The lowest BCUT2D eigenvalue weighted by Gasteiger charge is -2.19. The van der Waals surface area contributed by atoms with Crippen molar-refractivity contribution in [3.63, 3.8) is 0 Å². The number of aliphatic hydroxyl groups is 2. The third-order valence-electron chi connectivity index (χ3n) is 5.19. The second-order valence-corrected chi connectivity index (χ2v) is 6.85. The van der Waals surface area contributed by atoms with E-state index in [1.807, 2.05) is 38.1 Å². The summed E-state index contributed by atoms with van der Waals surface area (Å²) >= 11 is 0. The zero-order valence-corrected chi connectivity index (χ0v) is 13.6. The van der Waals surface area contributed by atoms with E-state index in [-0.39, 0.29) is 29.8 Å². The van der Waals surface area contributed by atoms with E-state index in [0.717, 1.165) is 5.56 Å². The second-order valence-electron chi connectivity index (χ2n) is 6.85. The number of carbonyl (C=O) groups excluding carboxylic acids is 1. The molecule has 3 rings (SSSR count). The maximum atomic E-state index is 11.4. The molecule has 0 spiro atoms. The van der Waals surface area contributed by atoms with E-state index in [9.17, 15) is 15.0 Å². The highest BCUT2D eigenvalue weighted by Crippen LogP contribution is 2.42. The van der Waals surface area contributed by atoms with Gasteiger partial charge < -0.3 is 14.9 Å². The Morgan fingerprint density at radius 2 is 2.17 bits per heavy atom. The molecule has 1 aromatic carbocycles. The summed E-state index contributed by atoms with van der Waals surface area (Å²) in [6.45, 7) is 4.02. The Hall–Kier alpha value is -1.65. The molecule has 0 aromatic heterocycles. The van der Waals surface area contributed by atoms with Crippen molar-refractivity contribution in [3.05, 3.63) is 47.5 Å². The molecule has 0 unspecified atom stereocenters. The average molecular weight is 316 g/mol. The Morgan fingerprint density at radius 3 is 2.91 bits per heavy atom. The van der Waals surface area contributed by atoms with Gasteiger partial charge in [-0.3, -0.25) is 4.79 Å². The van der Waals surface area contributed by atoms with Gasteiger partial charge in [-0.1, -0.05) is 48.9 Å². The number of hydrogen-bond acceptors (Lipinski definition) is 4. The molecule has 6 atom stereocenters. The van der Waals surface area contributed by atoms with Gasteiger partial charge in [0.1, 0.15) is 6.10 Å². The van der Waals surface area contributed by atoms with E-state index in [1.165, 1.54) is 5.56 Å². The van der Waals surface area contributed by atoms with Crippen molar-refractivity contribution < 1.29 is 19.7 Å². The van der Waals surface area contributed by atoms with Gasteiger partial charge in [0.2, 0.25) is 0 Å². The molecule has 0 bridgehead atoms. The van der Waals surface area contributed by atoms with Gasteiger partial charge in [0, 0.05) is 24.2 Å². The average Bonchev–Trinajstić information content (AvgIpc) is 2.99. The molecular formula is C19H24O4. The first-order valence-electron chi connectivity index (χ1n) is 8.26. The standard InChI is InChI=1S/C19H24O4/c1-11-4-3-5-13(8-11)12(2)16(20)7-6-14-15-9-19(22)23-18(15)10-17(14)21/h3-8,12,14-18,20-21H,9-10H2,1-2H3/t12-,14-,15-,16-,17-,18+/m1/s1. The van der Waals surface area contributed by atoms with Crippen LogP contribution < -0.4 is 0 Å². The van der Waals surface area contributed by atoms with Crippen molar-refractivity contribution >= 4 is 5.97 Å². The fraction of sp³-hybridized carbons (Fsp3) is 0.526. The van der Waals surface area contributed by atoms with Crippen molar-refractivity contribution in [2.45, 2.75) is 50.9 Å². The number of ether oxygens (including phenoxy) is 1. The van der Waals surface area contributed by atoms with Crippen molar-refractivity contribution in [2.75, 3.05) is 0 Å². The number of esters is 1. The SMILES string of the molecule is Cc1cccc([C@@H](C)[C@H](O)C=C[C@@H]2[C@H]3CC(=O)O[C@H]3C[C@H]2O)c1. The van der Waals surface area contributed by atoms with Crippen LogP contribution in [0.15, 0.2) is 36.4 Å². The normalized spacial score (nSPS) is 32.8. The van der Waals surface area contributed by atoms with Gasteiger partial charge in [0.25, 0.3) is 0 Å². The van der Waals surface area contributed by atoms with E-state index in [0.29, 0.717) is 12.8 Å². The van der Waals surface area contributed by atoms with Crippen LogP contribution in [-0.4, -0.2) is 34.5 Å². The molecule has 4 nitrogen and oxygen atoms in total. The highest BCUT2D eigenvalue weighted by atomic mass is 16.6. The zero-order chi connectivity index (χ0) is 16.6. The number of fused-ring (bicyclic) bond motifs is 1. The molecule has 2 aliphatic rings. The predicted octanol–water partition coefficient (Wildman–Crippen LogP) is 2.33. The molecule has 1 aliphatic carbocycles. The van der Waals surface area contributed by atoms with Gasteiger partial charge in [0.05, 0.1) is 18.6 Å². The largest absolute Gasteiger partial charge is 0.462 e. The Balaban J connectivity index is 1.68. The summed E-state index contributed by atoms with van der Waals surface area (Å²) in [6.07, 6.45) is 3.19. The van der Waals surface area contributed by atoms with Crippen LogP contribution in [0, 0.1) is 18.8 Å². The molecule has 4 heteroatoms. The maximum Gasteiger partial charge on any atom is 0.306 e. The molecular weight excluding hydrogens is 292 g/mol. The van der Waals surface area contributed by atoms with Crippen LogP contribution >= 0.6 is 0 Å². The van der Waals surface area contributed by atoms with Crippen molar-refractivity contribution in [1.29, 1.82) is 0 Å². The summed E-state index contributed by atoms with van der Waals surface area (Å²) in [6, 6.07) is 8.11. The fourth-order valence-corrected chi connectivity index (χ4v) is 3.75. The first kappa shape index (κ1) is 16.2. The van der Waals surface area contributed by atoms with E-state index in [4.69, 9.17) is 4.74 Å². The summed E-state index contributed by atoms with van der Waals surface area (Å²) in [7, 11) is 0. The number of rotatable bonds is 4. The van der Waals surface area contributed by atoms with Gasteiger partial charge in [-0.15, -0.1) is 0 Å². The molecule has 1 aromatic rings. The monoisotopic (exact) mass is 316 g/mol. The van der Waals surface area contributed by atoms with Gasteiger partial charge in [-0.25, -0.2) is 0 Å². The number of aliphatic hydroxyl groups excluding tert-OH is 2. The minimum Gasteiger partial charge on any atom is -0.462 e. The van der Waals surface area contributed by atoms with Crippen LogP contribution in [0.1, 0.15) is 36.8 Å². The maximum absolute atomic E-state index is 11.4. The molecule has 1 aliphatic heterocycles. The highest BCUT2D eigenvalue weighted by Gasteiger charge is 2.48. The molecule has 1 saturated carbocycles. The Bertz CT molecular complexity index is 609. The number of hydrogen-bond donors (Lipinski definition) is 2. The summed E-state index contributed by atoms with van der Waals surface area (Å²) in [5, 5.41) is 20.6. The number of benzene rings is 1. The molecule has 23 heavy (non-hydrogen) atoms. The van der Waals surface area contributed by atoms with Crippen molar-refractivity contribution in [1.82, 2.24) is 0 Å². The predicted molar refractivity (Wildman–Crippen MR) is 86.8 cm³/mol. The molecule has 124 valence electrons. The molecule has 0 radical (unpaired) electrons. The minimum atomic E-state index is -0.624. The summed E-state index contributed by atoms with van der Waals surface area (Å²) in [5.74, 6) is -0.290. The van der Waals surface area contributed by atoms with E-state index in [2.05, 4.69) is 6.07 Å². The summed E-state index contributed by atoms with van der Waals surface area (Å²) < 4.78 is 5.23. The number of carbonyl (C=O) groups is 1. The first-order chi connectivity index (χ1) is 11.0. The lowest BCUT2D eigenvalue weighted by molar-refractivity contribution is -0.141. The Morgan fingerprint density at radius 1 is 1.39 bits per heavy atom. The minimum absolute atomic E-state index is 0.0260. The zero-order valence-electron chi connectivity index (χ0n) is 13.6. The number of aryl methyl sites for hydroxylation is 1. The Labute approximate surface area is 136 Å². The van der Waals surface area contributed by atoms with Crippen LogP contribution in [0.25, 0.3) is 0 Å². The topological polar surface area (TPSA) is 66.8 Å². The van der Waals surface area contributed by atoms with Gasteiger partial charge in [-0.2, -0.15) is 0 Å². The first-order valence-corrected chi connectivity index (χ1v) is 8.26. The molecule has 0 amide bonds. The second kappa shape index (κ2) is 6.46. The van der Waals surface area contributed by atoms with E-state index in [1.54, 1.807) is 6.08 Å². The summed E-state index contributed by atoms with van der Waals surface area (Å²) in [4.78, 5) is 11.4. The van der Waals surface area contributed by atoms with Crippen molar-refractivity contribution in [2.24, 2.45) is 11.8 Å². The third-order valence-corrected chi connectivity index (χ3v) is 5.19. The van der Waals surface area contributed by atoms with Crippen LogP contribution in [0.5, 0.6) is 0 Å². The molecule has 2 fully saturated rings. The smallest absolute Gasteiger partial charge is 0.306 e. The van der Waals surface area contributed by atoms with Crippen molar-refractivity contribution in [3.8, 4) is 0 Å². The van der Waals surface area contributed by atoms with Gasteiger partial charge in [0.15, 0.2) is 0 Å².